The molecule has 0 radical (unpaired) electrons. The molecule has 1 amide bonds. The summed E-state index contributed by atoms with van der Waals surface area (Å²) in [6.45, 7) is 13.3. The number of benzene rings is 1. The summed E-state index contributed by atoms with van der Waals surface area (Å²) in [6.07, 6.45) is 0. The van der Waals surface area contributed by atoms with E-state index in [2.05, 4.69) is 23.6 Å². The minimum Gasteiger partial charge on any atom is -0.508 e. The van der Waals surface area contributed by atoms with E-state index >= 15 is 0 Å². The lowest BCUT2D eigenvalue weighted by molar-refractivity contribution is -0.915. The fourth-order valence-electron chi connectivity index (χ4n) is 3.99. The number of nitrogens with zero attached hydrogens (tertiary/aromatic N) is 2. The molecular weight excluding hydrogens is 316 g/mol. The lowest BCUT2D eigenvalue weighted by Gasteiger charge is -2.38. The van der Waals surface area contributed by atoms with Crippen molar-refractivity contribution in [3.05, 3.63) is 24.3 Å². The number of aromatic hydroxyl groups is 1. The molecule has 1 aromatic rings. The largest absolute Gasteiger partial charge is 0.508 e. The molecule has 1 atom stereocenters. The number of piperazine rings is 2. The van der Waals surface area contributed by atoms with Crippen molar-refractivity contribution in [1.82, 2.24) is 4.90 Å². The molecule has 0 aliphatic carbocycles. The zero-order valence-corrected chi connectivity index (χ0v) is 15.5. The number of hydrogen-bond donors (Lipinski definition) is 3. The monoisotopic (exact) mass is 348 g/mol. The summed E-state index contributed by atoms with van der Waals surface area (Å²) in [4.78, 5) is 20.2. The van der Waals surface area contributed by atoms with Crippen molar-refractivity contribution < 1.29 is 19.7 Å². The second-order valence-corrected chi connectivity index (χ2v) is 7.31. The van der Waals surface area contributed by atoms with Crippen LogP contribution in [0.5, 0.6) is 5.75 Å². The van der Waals surface area contributed by atoms with E-state index in [0.29, 0.717) is 11.7 Å². The summed E-state index contributed by atoms with van der Waals surface area (Å²) in [7, 11) is 0. The van der Waals surface area contributed by atoms with Crippen LogP contribution in [0, 0.1) is 0 Å². The van der Waals surface area contributed by atoms with Gasteiger partial charge in [0.05, 0.1) is 58.9 Å². The van der Waals surface area contributed by atoms with Crippen LogP contribution >= 0.6 is 0 Å². The standard InChI is InChI=1S/C19H30N4O2/c1-3-20-8-10-23(11-9-20)19(25)16(2)21-12-14-22(15-13-21)17-4-6-18(24)7-5-17/h4-7,16,24H,3,8-15H2,1-2H3/p+2/t16-/m0/s1. The summed E-state index contributed by atoms with van der Waals surface area (Å²) in [5.41, 5.74) is 1.15. The fourth-order valence-corrected chi connectivity index (χ4v) is 3.99. The molecule has 2 fully saturated rings. The molecule has 6 heteroatoms. The van der Waals surface area contributed by atoms with Crippen LogP contribution in [0.4, 0.5) is 5.69 Å². The molecule has 138 valence electrons. The van der Waals surface area contributed by atoms with E-state index in [1.54, 1.807) is 17.0 Å². The highest BCUT2D eigenvalue weighted by atomic mass is 16.3. The van der Waals surface area contributed by atoms with Gasteiger partial charge < -0.3 is 24.7 Å². The number of phenols is 1. The van der Waals surface area contributed by atoms with Crippen LogP contribution in [0.2, 0.25) is 0 Å². The Morgan fingerprint density at radius 1 is 1.08 bits per heavy atom. The third-order valence-electron chi connectivity index (χ3n) is 5.89. The second-order valence-electron chi connectivity index (χ2n) is 7.31. The van der Waals surface area contributed by atoms with Crippen LogP contribution in [0.25, 0.3) is 0 Å². The molecule has 1 aromatic carbocycles. The minimum absolute atomic E-state index is 0.0464. The van der Waals surface area contributed by atoms with Gasteiger partial charge in [-0.3, -0.25) is 4.79 Å². The first-order valence-electron chi connectivity index (χ1n) is 9.59. The van der Waals surface area contributed by atoms with Gasteiger partial charge in [0.2, 0.25) is 0 Å². The number of quaternary nitrogens is 2. The quantitative estimate of drug-likeness (QED) is 0.604. The number of nitrogens with one attached hydrogen (secondary N) is 2. The average molecular weight is 348 g/mol. The van der Waals surface area contributed by atoms with E-state index in [0.717, 1.165) is 64.6 Å². The molecule has 0 unspecified atom stereocenters. The highest BCUT2D eigenvalue weighted by Crippen LogP contribution is 2.18. The lowest BCUT2D eigenvalue weighted by Crippen LogP contribution is -3.19. The lowest BCUT2D eigenvalue weighted by atomic mass is 10.1. The topological polar surface area (TPSA) is 52.7 Å². The SMILES string of the molecule is CC[NH+]1CCN(C(=O)[C@H](C)[NH+]2CCN(c3ccc(O)cc3)CC2)CC1. The molecule has 0 aromatic heterocycles. The van der Waals surface area contributed by atoms with Gasteiger partial charge in [-0.05, 0) is 38.1 Å². The van der Waals surface area contributed by atoms with Gasteiger partial charge in [0.25, 0.3) is 5.91 Å². The summed E-state index contributed by atoms with van der Waals surface area (Å²) in [6, 6.07) is 7.44. The number of phenolic OH excluding ortho intramolecular Hbond substituents is 1. The Morgan fingerprint density at radius 2 is 1.68 bits per heavy atom. The van der Waals surface area contributed by atoms with Gasteiger partial charge in [-0.15, -0.1) is 0 Å². The zero-order chi connectivity index (χ0) is 17.8. The molecule has 0 spiro atoms. The van der Waals surface area contributed by atoms with Crippen LogP contribution in [0.3, 0.4) is 0 Å². The third kappa shape index (κ3) is 4.25. The molecule has 2 saturated heterocycles. The Balaban J connectivity index is 1.50. The summed E-state index contributed by atoms with van der Waals surface area (Å²) < 4.78 is 0. The normalized spacial score (nSPS) is 21.4. The first-order chi connectivity index (χ1) is 12.1. The van der Waals surface area contributed by atoms with Gasteiger partial charge in [0, 0.05) is 5.69 Å². The van der Waals surface area contributed by atoms with Crippen molar-refractivity contribution in [2.24, 2.45) is 0 Å². The Hall–Kier alpha value is -1.79. The molecule has 0 bridgehead atoms. The first kappa shape index (κ1) is 18.0. The van der Waals surface area contributed by atoms with Gasteiger partial charge >= 0.3 is 0 Å². The Morgan fingerprint density at radius 3 is 2.24 bits per heavy atom. The Kier molecular flexibility index (Phi) is 5.81. The van der Waals surface area contributed by atoms with Crippen LogP contribution in [-0.4, -0.2) is 80.9 Å². The highest BCUT2D eigenvalue weighted by molar-refractivity contribution is 5.80. The van der Waals surface area contributed by atoms with E-state index in [1.807, 2.05) is 12.1 Å². The van der Waals surface area contributed by atoms with Gasteiger partial charge in [-0.25, -0.2) is 0 Å². The van der Waals surface area contributed by atoms with Crippen LogP contribution < -0.4 is 14.7 Å². The number of amides is 1. The molecule has 6 nitrogen and oxygen atoms in total. The number of anilines is 1. The van der Waals surface area contributed by atoms with Crippen molar-refractivity contribution in [3.63, 3.8) is 0 Å². The van der Waals surface area contributed by atoms with Crippen molar-refractivity contribution in [2.45, 2.75) is 19.9 Å². The van der Waals surface area contributed by atoms with Crippen LogP contribution in [0.15, 0.2) is 24.3 Å². The summed E-state index contributed by atoms with van der Waals surface area (Å²) >= 11 is 0. The van der Waals surface area contributed by atoms with Gasteiger partial charge in [-0.2, -0.15) is 0 Å². The van der Waals surface area contributed by atoms with Crippen LogP contribution in [-0.2, 0) is 4.79 Å². The van der Waals surface area contributed by atoms with Gasteiger partial charge in [0.1, 0.15) is 5.75 Å². The first-order valence-corrected chi connectivity index (χ1v) is 9.59. The smallest absolute Gasteiger partial charge is 0.280 e. The third-order valence-corrected chi connectivity index (χ3v) is 5.89. The molecule has 2 heterocycles. The molecule has 2 aliphatic rings. The van der Waals surface area contributed by atoms with E-state index in [1.165, 1.54) is 4.90 Å². The molecule has 2 aliphatic heterocycles. The molecular formula is C19H32N4O2+2. The minimum atomic E-state index is 0.0464. The average Bonchev–Trinajstić information content (AvgIpc) is 2.67. The maximum atomic E-state index is 12.8. The highest BCUT2D eigenvalue weighted by Gasteiger charge is 2.34. The number of carbonyl (C=O) groups excluding carboxylic acids is 1. The van der Waals surface area contributed by atoms with Gasteiger partial charge in [0.15, 0.2) is 6.04 Å². The van der Waals surface area contributed by atoms with E-state index in [9.17, 15) is 9.90 Å². The number of hydrogen-bond acceptors (Lipinski definition) is 3. The number of likely N-dealkylation sites (N-methyl/N-ethyl adjacent to an activating group) is 1. The zero-order valence-electron chi connectivity index (χ0n) is 15.5. The van der Waals surface area contributed by atoms with Crippen LogP contribution in [0.1, 0.15) is 13.8 Å². The van der Waals surface area contributed by atoms with E-state index in [-0.39, 0.29) is 6.04 Å². The Labute approximate surface area is 150 Å². The maximum absolute atomic E-state index is 12.8. The second kappa shape index (κ2) is 8.06. The van der Waals surface area contributed by atoms with Crippen molar-refractivity contribution >= 4 is 11.6 Å². The summed E-state index contributed by atoms with van der Waals surface area (Å²) in [5, 5.41) is 9.42. The predicted molar refractivity (Wildman–Crippen MR) is 98.3 cm³/mol. The molecule has 3 rings (SSSR count). The fraction of sp³-hybridized carbons (Fsp3) is 0.632. The van der Waals surface area contributed by atoms with Crippen molar-refractivity contribution in [2.75, 3.05) is 63.8 Å². The number of rotatable bonds is 4. The van der Waals surface area contributed by atoms with E-state index in [4.69, 9.17) is 0 Å². The summed E-state index contributed by atoms with van der Waals surface area (Å²) in [5.74, 6) is 0.625. The predicted octanol–water partition coefficient (Wildman–Crippen LogP) is -1.77. The molecule has 0 saturated carbocycles. The van der Waals surface area contributed by atoms with Crippen molar-refractivity contribution in [1.29, 1.82) is 0 Å². The van der Waals surface area contributed by atoms with Gasteiger partial charge in [-0.1, -0.05) is 0 Å². The number of carbonyl (C=O) groups is 1. The Bertz CT molecular complexity index is 561. The molecule has 3 N–H and O–H groups in total. The maximum Gasteiger partial charge on any atom is 0.280 e. The van der Waals surface area contributed by atoms with Crippen molar-refractivity contribution in [3.8, 4) is 5.75 Å². The molecule has 25 heavy (non-hydrogen) atoms. The van der Waals surface area contributed by atoms with E-state index < -0.39 is 0 Å².